The summed E-state index contributed by atoms with van der Waals surface area (Å²) >= 11 is 3.34. The average Bonchev–Trinajstić information content (AvgIpc) is 2.56. The number of phenols is 1. The molecule has 1 aromatic rings. The first kappa shape index (κ1) is 8.56. The van der Waals surface area contributed by atoms with Crippen molar-refractivity contribution in [2.24, 2.45) is 4.99 Å². The van der Waals surface area contributed by atoms with E-state index in [2.05, 4.69) is 20.9 Å². The lowest BCUT2D eigenvalue weighted by Gasteiger charge is -2.04. The van der Waals surface area contributed by atoms with E-state index < -0.39 is 0 Å². The summed E-state index contributed by atoms with van der Waals surface area (Å²) in [5.74, 6) is 0.876. The van der Waals surface area contributed by atoms with Crippen LogP contribution in [-0.4, -0.2) is 24.2 Å². The Morgan fingerprint density at radius 3 is 2.92 bits per heavy atom. The van der Waals surface area contributed by atoms with Crippen molar-refractivity contribution in [3.8, 4) is 5.75 Å². The van der Waals surface area contributed by atoms with Crippen LogP contribution in [0.15, 0.2) is 27.7 Å². The Morgan fingerprint density at radius 2 is 2.31 bits per heavy atom. The molecule has 0 spiro atoms. The Labute approximate surface area is 84.2 Å². The molecule has 0 aromatic heterocycles. The van der Waals surface area contributed by atoms with Gasteiger partial charge >= 0.3 is 0 Å². The van der Waals surface area contributed by atoms with Crippen molar-refractivity contribution in [3.63, 3.8) is 0 Å². The van der Waals surface area contributed by atoms with Gasteiger partial charge < -0.3 is 9.84 Å². The number of nitrogens with zero attached hydrogens (tertiary/aromatic N) is 1. The molecule has 0 atom stereocenters. The van der Waals surface area contributed by atoms with Gasteiger partial charge in [-0.15, -0.1) is 0 Å². The first-order valence-corrected chi connectivity index (χ1v) is 4.73. The Balaban J connectivity index is 2.40. The molecule has 3 nitrogen and oxygen atoms in total. The maximum atomic E-state index is 9.17. The zero-order valence-electron chi connectivity index (χ0n) is 6.83. The Kier molecular flexibility index (Phi) is 2.22. The van der Waals surface area contributed by atoms with Crippen molar-refractivity contribution in [3.05, 3.63) is 28.2 Å². The highest BCUT2D eigenvalue weighted by Gasteiger charge is 2.13. The molecule has 0 fully saturated rings. The van der Waals surface area contributed by atoms with Gasteiger partial charge in [0.15, 0.2) is 0 Å². The number of ether oxygens (including phenoxy) is 1. The van der Waals surface area contributed by atoms with E-state index in [0.29, 0.717) is 19.0 Å². The number of rotatable bonds is 1. The molecule has 2 rings (SSSR count). The first-order chi connectivity index (χ1) is 6.27. The summed E-state index contributed by atoms with van der Waals surface area (Å²) in [6.07, 6.45) is 0. The summed E-state index contributed by atoms with van der Waals surface area (Å²) < 4.78 is 6.10. The highest BCUT2D eigenvalue weighted by Crippen LogP contribution is 2.23. The third-order valence-corrected chi connectivity index (χ3v) is 2.42. The Hall–Kier alpha value is -1.03. The van der Waals surface area contributed by atoms with Crippen LogP contribution in [0.2, 0.25) is 0 Å². The minimum absolute atomic E-state index is 0.231. The molecule has 1 aromatic carbocycles. The number of aromatic hydroxyl groups is 1. The van der Waals surface area contributed by atoms with Crippen LogP contribution in [0, 0.1) is 0 Å². The van der Waals surface area contributed by atoms with Gasteiger partial charge in [0.05, 0.1) is 12.1 Å². The third kappa shape index (κ3) is 1.67. The van der Waals surface area contributed by atoms with Crippen molar-refractivity contribution in [1.82, 2.24) is 0 Å². The first-order valence-electron chi connectivity index (χ1n) is 3.93. The summed E-state index contributed by atoms with van der Waals surface area (Å²) in [5.41, 5.74) is 0.885. The summed E-state index contributed by atoms with van der Waals surface area (Å²) in [6.45, 7) is 1.35. The summed E-state index contributed by atoms with van der Waals surface area (Å²) in [6, 6.07) is 5.02. The molecule has 0 saturated carbocycles. The molecule has 0 saturated heterocycles. The van der Waals surface area contributed by atoms with E-state index in [1.165, 1.54) is 0 Å². The van der Waals surface area contributed by atoms with Gasteiger partial charge in [-0.05, 0) is 34.1 Å². The van der Waals surface area contributed by atoms with Crippen LogP contribution in [0.3, 0.4) is 0 Å². The van der Waals surface area contributed by atoms with E-state index in [0.717, 1.165) is 10.0 Å². The van der Waals surface area contributed by atoms with Crippen molar-refractivity contribution >= 4 is 21.8 Å². The second-order valence-corrected chi connectivity index (χ2v) is 3.55. The molecule has 1 N–H and O–H groups in total. The molecular weight excluding hydrogens is 234 g/mol. The normalized spacial score (nSPS) is 15.3. The van der Waals surface area contributed by atoms with Crippen LogP contribution in [-0.2, 0) is 4.74 Å². The Bertz CT molecular complexity index is 363. The molecule has 68 valence electrons. The summed E-state index contributed by atoms with van der Waals surface area (Å²) in [7, 11) is 0. The zero-order chi connectivity index (χ0) is 9.26. The standard InChI is InChI=1S/C9H8BrNO2/c10-8-5-6(12)1-2-7(8)9-11-3-4-13-9/h1-2,5,12H,3-4H2. The molecule has 4 heteroatoms. The molecule has 0 unspecified atom stereocenters. The maximum absolute atomic E-state index is 9.17. The Morgan fingerprint density at radius 1 is 1.46 bits per heavy atom. The predicted octanol–water partition coefficient (Wildman–Crippen LogP) is 1.93. The van der Waals surface area contributed by atoms with Gasteiger partial charge in [-0.3, -0.25) is 0 Å². The van der Waals surface area contributed by atoms with Crippen molar-refractivity contribution in [1.29, 1.82) is 0 Å². The molecule has 1 heterocycles. The fourth-order valence-electron chi connectivity index (χ4n) is 1.18. The molecule has 1 aliphatic rings. The van der Waals surface area contributed by atoms with Crippen molar-refractivity contribution in [2.75, 3.05) is 13.2 Å². The van der Waals surface area contributed by atoms with E-state index in [-0.39, 0.29) is 5.75 Å². The fourth-order valence-corrected chi connectivity index (χ4v) is 1.71. The minimum atomic E-state index is 0.231. The molecule has 0 radical (unpaired) electrons. The number of aliphatic imine (C=N–C) groups is 1. The molecule has 13 heavy (non-hydrogen) atoms. The molecule has 0 bridgehead atoms. The highest BCUT2D eigenvalue weighted by atomic mass is 79.9. The second kappa shape index (κ2) is 3.38. The minimum Gasteiger partial charge on any atom is -0.508 e. The average molecular weight is 242 g/mol. The van der Waals surface area contributed by atoms with Gasteiger partial charge in [0.2, 0.25) is 5.90 Å². The molecule has 0 aliphatic carbocycles. The van der Waals surface area contributed by atoms with Crippen LogP contribution in [0.1, 0.15) is 5.56 Å². The predicted molar refractivity (Wildman–Crippen MR) is 53.2 cm³/mol. The van der Waals surface area contributed by atoms with E-state index in [4.69, 9.17) is 9.84 Å². The number of benzene rings is 1. The highest BCUT2D eigenvalue weighted by molar-refractivity contribution is 9.10. The van der Waals surface area contributed by atoms with Crippen LogP contribution in [0.25, 0.3) is 0 Å². The quantitative estimate of drug-likeness (QED) is 0.817. The number of hydrogen-bond acceptors (Lipinski definition) is 3. The SMILES string of the molecule is Oc1ccc(C2=NCCO2)c(Br)c1. The molecular formula is C9H8BrNO2. The van der Waals surface area contributed by atoms with Crippen LogP contribution in [0.5, 0.6) is 5.75 Å². The summed E-state index contributed by atoms with van der Waals surface area (Å²) in [5, 5.41) is 9.17. The molecule has 1 aliphatic heterocycles. The number of phenolic OH excluding ortho intramolecular Hbond substituents is 1. The van der Waals surface area contributed by atoms with Gasteiger partial charge in [0, 0.05) is 4.47 Å². The van der Waals surface area contributed by atoms with E-state index in [9.17, 15) is 0 Å². The van der Waals surface area contributed by atoms with E-state index in [1.807, 2.05) is 0 Å². The number of hydrogen-bond donors (Lipinski definition) is 1. The van der Waals surface area contributed by atoms with Crippen LogP contribution < -0.4 is 0 Å². The lowest BCUT2D eigenvalue weighted by molar-refractivity contribution is 0.348. The van der Waals surface area contributed by atoms with E-state index in [1.54, 1.807) is 18.2 Å². The van der Waals surface area contributed by atoms with Crippen LogP contribution >= 0.6 is 15.9 Å². The largest absolute Gasteiger partial charge is 0.508 e. The van der Waals surface area contributed by atoms with Crippen molar-refractivity contribution in [2.45, 2.75) is 0 Å². The molecule has 0 amide bonds. The maximum Gasteiger partial charge on any atom is 0.217 e. The zero-order valence-corrected chi connectivity index (χ0v) is 8.41. The van der Waals surface area contributed by atoms with Crippen molar-refractivity contribution < 1.29 is 9.84 Å². The fraction of sp³-hybridized carbons (Fsp3) is 0.222. The lowest BCUT2D eigenvalue weighted by Crippen LogP contribution is -2.01. The monoisotopic (exact) mass is 241 g/mol. The third-order valence-electron chi connectivity index (χ3n) is 1.77. The lowest BCUT2D eigenvalue weighted by atomic mass is 10.2. The summed E-state index contributed by atoms with van der Waals surface area (Å²) in [4.78, 5) is 4.18. The topological polar surface area (TPSA) is 41.8 Å². The van der Waals surface area contributed by atoms with Gasteiger partial charge in [-0.1, -0.05) is 0 Å². The van der Waals surface area contributed by atoms with Gasteiger partial charge in [-0.25, -0.2) is 4.99 Å². The number of halogens is 1. The van der Waals surface area contributed by atoms with E-state index >= 15 is 0 Å². The van der Waals surface area contributed by atoms with Gasteiger partial charge in [0.25, 0.3) is 0 Å². The smallest absolute Gasteiger partial charge is 0.217 e. The van der Waals surface area contributed by atoms with Gasteiger partial charge in [0.1, 0.15) is 12.4 Å². The van der Waals surface area contributed by atoms with Gasteiger partial charge in [-0.2, -0.15) is 0 Å². The van der Waals surface area contributed by atoms with Crippen LogP contribution in [0.4, 0.5) is 0 Å². The second-order valence-electron chi connectivity index (χ2n) is 2.70.